The van der Waals surface area contributed by atoms with Crippen LogP contribution < -0.4 is 9.62 Å². The van der Waals surface area contributed by atoms with Crippen LogP contribution in [0.15, 0.2) is 47.4 Å². The average molecular weight is 459 g/mol. The highest BCUT2D eigenvalue weighted by atomic mass is 32.2. The Balaban J connectivity index is 1.68. The van der Waals surface area contributed by atoms with Gasteiger partial charge in [0.2, 0.25) is 5.91 Å². The zero-order chi connectivity index (χ0) is 23.1. The van der Waals surface area contributed by atoms with Gasteiger partial charge in [0, 0.05) is 13.2 Å². The van der Waals surface area contributed by atoms with Crippen LogP contribution in [0.2, 0.25) is 0 Å². The Morgan fingerprint density at radius 1 is 1.03 bits per heavy atom. The van der Waals surface area contributed by atoms with Gasteiger partial charge in [-0.25, -0.2) is 8.42 Å². The molecule has 1 saturated carbocycles. The van der Waals surface area contributed by atoms with Gasteiger partial charge in [0.25, 0.3) is 10.0 Å². The van der Waals surface area contributed by atoms with E-state index in [4.69, 9.17) is 4.74 Å². The first kappa shape index (κ1) is 24.3. The summed E-state index contributed by atoms with van der Waals surface area (Å²) in [6.07, 6.45) is 5.75. The fraction of sp³-hybridized carbons (Fsp3) is 0.480. The van der Waals surface area contributed by atoms with E-state index in [0.717, 1.165) is 29.5 Å². The zero-order valence-electron chi connectivity index (χ0n) is 19.3. The Hall–Kier alpha value is -2.38. The van der Waals surface area contributed by atoms with E-state index in [0.29, 0.717) is 31.4 Å². The molecule has 174 valence electrons. The van der Waals surface area contributed by atoms with Crippen molar-refractivity contribution >= 4 is 21.6 Å². The van der Waals surface area contributed by atoms with Gasteiger partial charge >= 0.3 is 0 Å². The lowest BCUT2D eigenvalue weighted by Crippen LogP contribution is -2.41. The van der Waals surface area contributed by atoms with Gasteiger partial charge in [-0.2, -0.15) is 0 Å². The van der Waals surface area contributed by atoms with Gasteiger partial charge in [0.15, 0.2) is 0 Å². The van der Waals surface area contributed by atoms with E-state index in [-0.39, 0.29) is 17.3 Å². The normalized spacial score (nSPS) is 14.5. The summed E-state index contributed by atoms with van der Waals surface area (Å²) in [5, 5.41) is 2.84. The monoisotopic (exact) mass is 458 g/mol. The highest BCUT2D eigenvalue weighted by molar-refractivity contribution is 7.92. The van der Waals surface area contributed by atoms with Gasteiger partial charge in [0.05, 0.1) is 16.7 Å². The molecule has 0 heterocycles. The molecule has 0 bridgehead atoms. The Morgan fingerprint density at radius 3 is 2.38 bits per heavy atom. The summed E-state index contributed by atoms with van der Waals surface area (Å²) in [6.45, 7) is 6.59. The summed E-state index contributed by atoms with van der Waals surface area (Å²) >= 11 is 0. The number of ether oxygens (including phenoxy) is 1. The second kappa shape index (κ2) is 11.0. The number of hydrogen-bond donors (Lipinski definition) is 1. The van der Waals surface area contributed by atoms with Crippen molar-refractivity contribution in [3.05, 3.63) is 59.2 Å². The van der Waals surface area contributed by atoms with Crippen molar-refractivity contribution in [1.82, 2.24) is 5.32 Å². The van der Waals surface area contributed by atoms with Crippen molar-refractivity contribution in [3.63, 3.8) is 0 Å². The van der Waals surface area contributed by atoms with E-state index in [1.54, 1.807) is 30.3 Å². The molecule has 1 fully saturated rings. The summed E-state index contributed by atoms with van der Waals surface area (Å²) < 4.78 is 33.9. The van der Waals surface area contributed by atoms with Gasteiger partial charge in [-0.05, 0) is 75.4 Å². The van der Waals surface area contributed by atoms with Crippen molar-refractivity contribution in [2.75, 3.05) is 24.0 Å². The Morgan fingerprint density at radius 2 is 1.72 bits per heavy atom. The summed E-state index contributed by atoms with van der Waals surface area (Å²) in [4.78, 5) is 12.8. The molecule has 0 aliphatic heterocycles. The number of sulfonamides is 1. The van der Waals surface area contributed by atoms with E-state index in [9.17, 15) is 13.2 Å². The summed E-state index contributed by atoms with van der Waals surface area (Å²) in [6, 6.07) is 12.1. The van der Waals surface area contributed by atoms with E-state index >= 15 is 0 Å². The topological polar surface area (TPSA) is 75.7 Å². The molecular formula is C25H34N2O4S. The van der Waals surface area contributed by atoms with E-state index in [1.807, 2.05) is 32.9 Å². The zero-order valence-corrected chi connectivity index (χ0v) is 20.1. The fourth-order valence-corrected chi connectivity index (χ4v) is 5.24. The van der Waals surface area contributed by atoms with Crippen LogP contribution >= 0.6 is 0 Å². The van der Waals surface area contributed by atoms with Crippen molar-refractivity contribution in [2.45, 2.75) is 63.9 Å². The minimum Gasteiger partial charge on any atom is -0.378 e. The first-order valence-electron chi connectivity index (χ1n) is 11.3. The maximum Gasteiger partial charge on any atom is 0.264 e. The third-order valence-electron chi connectivity index (χ3n) is 5.97. The summed E-state index contributed by atoms with van der Waals surface area (Å²) in [5.41, 5.74) is 3.48. The number of anilines is 1. The van der Waals surface area contributed by atoms with Gasteiger partial charge in [0.1, 0.15) is 6.54 Å². The van der Waals surface area contributed by atoms with E-state index < -0.39 is 10.0 Å². The molecule has 0 aromatic heterocycles. The Kier molecular flexibility index (Phi) is 8.32. The van der Waals surface area contributed by atoms with Crippen LogP contribution in [0.3, 0.4) is 0 Å². The van der Waals surface area contributed by atoms with Crippen LogP contribution in [-0.4, -0.2) is 40.1 Å². The third kappa shape index (κ3) is 6.33. The Bertz CT molecular complexity index is 1010. The standard InChI is InChI=1S/C25H34N2O4S/c1-19-9-13-24(14-10-19)32(29,30)27(22-12-11-20(2)21(3)17-22)18-25(28)26-15-6-16-31-23-7-4-5-8-23/h9-14,17,23H,4-8,15-16,18H2,1-3H3,(H,26,28). The number of carbonyl (C=O) groups excluding carboxylic acids is 1. The predicted octanol–water partition coefficient (Wildman–Crippen LogP) is 4.27. The quantitative estimate of drug-likeness (QED) is 0.540. The molecule has 32 heavy (non-hydrogen) atoms. The molecule has 0 unspecified atom stereocenters. The highest BCUT2D eigenvalue weighted by Crippen LogP contribution is 2.26. The lowest BCUT2D eigenvalue weighted by Gasteiger charge is -2.25. The van der Waals surface area contributed by atoms with E-state index in [1.165, 1.54) is 17.1 Å². The maximum absolute atomic E-state index is 13.4. The van der Waals surface area contributed by atoms with Gasteiger partial charge in [-0.3, -0.25) is 9.10 Å². The highest BCUT2D eigenvalue weighted by Gasteiger charge is 2.27. The number of hydrogen-bond acceptors (Lipinski definition) is 4. The molecule has 0 spiro atoms. The van der Waals surface area contributed by atoms with Gasteiger partial charge < -0.3 is 10.1 Å². The van der Waals surface area contributed by atoms with Crippen LogP contribution in [-0.2, 0) is 19.6 Å². The Labute approximate surface area is 192 Å². The third-order valence-corrected chi connectivity index (χ3v) is 7.76. The van der Waals surface area contributed by atoms with Crippen molar-refractivity contribution in [3.8, 4) is 0 Å². The van der Waals surface area contributed by atoms with Crippen molar-refractivity contribution < 1.29 is 17.9 Å². The van der Waals surface area contributed by atoms with Crippen LogP contribution in [0, 0.1) is 20.8 Å². The maximum atomic E-state index is 13.4. The molecule has 0 radical (unpaired) electrons. The molecule has 0 saturated heterocycles. The van der Waals surface area contributed by atoms with Crippen molar-refractivity contribution in [2.24, 2.45) is 0 Å². The van der Waals surface area contributed by atoms with Crippen LogP contribution in [0.25, 0.3) is 0 Å². The molecular weight excluding hydrogens is 424 g/mol. The number of nitrogens with zero attached hydrogens (tertiary/aromatic N) is 1. The molecule has 1 aliphatic rings. The smallest absolute Gasteiger partial charge is 0.264 e. The molecule has 6 nitrogen and oxygen atoms in total. The number of rotatable bonds is 10. The second-order valence-electron chi connectivity index (χ2n) is 8.57. The predicted molar refractivity (Wildman–Crippen MR) is 127 cm³/mol. The molecule has 2 aromatic carbocycles. The largest absolute Gasteiger partial charge is 0.378 e. The minimum absolute atomic E-state index is 0.166. The first-order valence-corrected chi connectivity index (χ1v) is 12.8. The second-order valence-corrected chi connectivity index (χ2v) is 10.4. The number of nitrogens with one attached hydrogen (secondary N) is 1. The molecule has 1 N–H and O–H groups in total. The summed E-state index contributed by atoms with van der Waals surface area (Å²) in [5.74, 6) is -0.334. The van der Waals surface area contributed by atoms with E-state index in [2.05, 4.69) is 5.32 Å². The molecule has 7 heteroatoms. The van der Waals surface area contributed by atoms with Gasteiger partial charge in [-0.1, -0.05) is 36.6 Å². The van der Waals surface area contributed by atoms with Crippen LogP contribution in [0.1, 0.15) is 48.8 Å². The average Bonchev–Trinajstić information content (AvgIpc) is 3.27. The minimum atomic E-state index is -3.89. The lowest BCUT2D eigenvalue weighted by atomic mass is 10.1. The van der Waals surface area contributed by atoms with Crippen LogP contribution in [0.5, 0.6) is 0 Å². The number of amides is 1. The number of aryl methyl sites for hydroxylation is 3. The number of carbonyl (C=O) groups is 1. The summed E-state index contributed by atoms with van der Waals surface area (Å²) in [7, 11) is -3.89. The SMILES string of the molecule is Cc1ccc(S(=O)(=O)N(CC(=O)NCCCOC2CCCC2)c2ccc(C)c(C)c2)cc1. The van der Waals surface area contributed by atoms with Crippen molar-refractivity contribution in [1.29, 1.82) is 0 Å². The molecule has 2 aromatic rings. The van der Waals surface area contributed by atoms with Crippen LogP contribution in [0.4, 0.5) is 5.69 Å². The molecule has 1 aliphatic carbocycles. The lowest BCUT2D eigenvalue weighted by molar-refractivity contribution is -0.119. The van der Waals surface area contributed by atoms with Gasteiger partial charge in [-0.15, -0.1) is 0 Å². The molecule has 0 atom stereocenters. The molecule has 3 rings (SSSR count). The molecule has 1 amide bonds. The fourth-order valence-electron chi connectivity index (χ4n) is 3.82. The number of benzene rings is 2. The first-order chi connectivity index (χ1) is 15.3.